The van der Waals surface area contributed by atoms with Gasteiger partial charge in [0.2, 0.25) is 0 Å². The molecule has 0 heterocycles. The zero-order valence-corrected chi connectivity index (χ0v) is 11.6. The average molecular weight is 266 g/mol. The van der Waals surface area contributed by atoms with Crippen LogP contribution in [0.25, 0.3) is 0 Å². The molecule has 1 rings (SSSR count). The number of rotatable bonds is 5. The average Bonchev–Trinajstić information content (AvgIpc) is 2.28. The van der Waals surface area contributed by atoms with Crippen LogP contribution in [0, 0.1) is 0 Å². The predicted octanol–water partition coefficient (Wildman–Crippen LogP) is 0.924. The summed E-state index contributed by atoms with van der Waals surface area (Å²) in [5, 5.41) is 4.07. The van der Waals surface area contributed by atoms with Gasteiger partial charge in [-0.05, 0) is 50.1 Å². The molecule has 1 aromatic rings. The fourth-order valence-electron chi connectivity index (χ4n) is 1.51. The minimum atomic E-state index is 0.147. The molecule has 0 saturated heterocycles. The van der Waals surface area contributed by atoms with Crippen LogP contribution in [0.1, 0.15) is 11.1 Å². The van der Waals surface area contributed by atoms with Crippen LogP contribution in [-0.2, 0) is 6.54 Å². The molecule has 6 heteroatoms. The van der Waals surface area contributed by atoms with Crippen molar-refractivity contribution in [3.8, 4) is 5.75 Å². The number of nitrogens with zero attached hydrogens (tertiary/aromatic N) is 2. The molecule has 3 N–H and O–H groups in total. The van der Waals surface area contributed by atoms with Gasteiger partial charge in [-0.25, -0.2) is 0 Å². The molecule has 0 bridgehead atoms. The molecular formula is C12H18N4OS. The zero-order valence-electron chi connectivity index (χ0n) is 10.8. The number of hydrazone groups is 1. The summed E-state index contributed by atoms with van der Waals surface area (Å²) < 4.78 is 5.32. The highest BCUT2D eigenvalue weighted by atomic mass is 32.1. The molecule has 0 fully saturated rings. The Morgan fingerprint density at radius 3 is 2.83 bits per heavy atom. The van der Waals surface area contributed by atoms with E-state index in [1.807, 2.05) is 32.3 Å². The molecule has 98 valence electrons. The Bertz CT molecular complexity index is 446. The molecule has 0 aliphatic heterocycles. The van der Waals surface area contributed by atoms with Crippen LogP contribution in [0.5, 0.6) is 5.75 Å². The number of thiocarbonyl (C=S) groups is 1. The van der Waals surface area contributed by atoms with Crippen LogP contribution in [0.2, 0.25) is 0 Å². The summed E-state index contributed by atoms with van der Waals surface area (Å²) in [6, 6.07) is 5.85. The lowest BCUT2D eigenvalue weighted by molar-refractivity contribution is 0.372. The number of nitrogens with two attached hydrogens (primary N) is 1. The summed E-state index contributed by atoms with van der Waals surface area (Å²) in [5.41, 5.74) is 9.85. The first-order chi connectivity index (χ1) is 8.52. The first-order valence-electron chi connectivity index (χ1n) is 5.43. The second-order valence-electron chi connectivity index (χ2n) is 4.04. The van der Waals surface area contributed by atoms with Crippen molar-refractivity contribution in [3.05, 3.63) is 29.3 Å². The van der Waals surface area contributed by atoms with E-state index in [1.54, 1.807) is 13.3 Å². The lowest BCUT2D eigenvalue weighted by Crippen LogP contribution is -2.24. The van der Waals surface area contributed by atoms with Gasteiger partial charge < -0.3 is 15.4 Å². The molecule has 0 spiro atoms. The smallest absolute Gasteiger partial charge is 0.184 e. The van der Waals surface area contributed by atoms with Crippen molar-refractivity contribution in [3.63, 3.8) is 0 Å². The molecule has 0 amide bonds. The van der Waals surface area contributed by atoms with Gasteiger partial charge in [0.1, 0.15) is 5.75 Å². The van der Waals surface area contributed by atoms with Crippen LogP contribution in [0.4, 0.5) is 0 Å². The van der Waals surface area contributed by atoms with Gasteiger partial charge in [0.25, 0.3) is 0 Å². The second-order valence-corrected chi connectivity index (χ2v) is 4.48. The van der Waals surface area contributed by atoms with Crippen molar-refractivity contribution in [2.75, 3.05) is 21.2 Å². The van der Waals surface area contributed by atoms with Gasteiger partial charge in [-0.2, -0.15) is 5.10 Å². The topological polar surface area (TPSA) is 62.9 Å². The van der Waals surface area contributed by atoms with Crippen LogP contribution in [-0.4, -0.2) is 37.4 Å². The summed E-state index contributed by atoms with van der Waals surface area (Å²) in [7, 11) is 5.68. The Labute approximate surface area is 113 Å². The fraction of sp³-hybridized carbons (Fsp3) is 0.333. The van der Waals surface area contributed by atoms with Crippen molar-refractivity contribution >= 4 is 23.5 Å². The molecule has 0 aliphatic rings. The van der Waals surface area contributed by atoms with E-state index in [2.05, 4.69) is 27.6 Å². The Morgan fingerprint density at radius 1 is 1.56 bits per heavy atom. The van der Waals surface area contributed by atoms with Gasteiger partial charge in [0, 0.05) is 12.1 Å². The standard InChI is InChI=1S/C12H18N4OS/c1-16(2)8-10-6-9(4-5-11(10)17-3)7-14-15-12(13)18/h4-7H,8H2,1-3H3,(H3,13,15,18). The summed E-state index contributed by atoms with van der Waals surface area (Å²) in [5.74, 6) is 0.864. The normalized spacial score (nSPS) is 10.9. The summed E-state index contributed by atoms with van der Waals surface area (Å²) in [4.78, 5) is 2.08. The molecule has 0 aliphatic carbocycles. The Kier molecular flexibility index (Phi) is 5.54. The number of ether oxygens (including phenoxy) is 1. The van der Waals surface area contributed by atoms with Crippen LogP contribution < -0.4 is 15.9 Å². The highest BCUT2D eigenvalue weighted by Crippen LogP contribution is 2.20. The minimum Gasteiger partial charge on any atom is -0.496 e. The van der Waals surface area contributed by atoms with E-state index in [-0.39, 0.29) is 5.11 Å². The van der Waals surface area contributed by atoms with Crippen LogP contribution >= 0.6 is 12.2 Å². The van der Waals surface area contributed by atoms with Gasteiger partial charge in [-0.3, -0.25) is 5.43 Å². The van der Waals surface area contributed by atoms with Gasteiger partial charge in [-0.1, -0.05) is 0 Å². The SMILES string of the molecule is COc1ccc(C=NNC(N)=S)cc1CN(C)C. The van der Waals surface area contributed by atoms with Crippen molar-refractivity contribution in [1.82, 2.24) is 10.3 Å². The van der Waals surface area contributed by atoms with E-state index in [4.69, 9.17) is 10.5 Å². The third-order valence-electron chi connectivity index (χ3n) is 2.18. The van der Waals surface area contributed by atoms with Gasteiger partial charge in [0.05, 0.1) is 13.3 Å². The summed E-state index contributed by atoms with van der Waals surface area (Å²) in [6.07, 6.45) is 1.66. The Hall–Kier alpha value is -1.66. The Morgan fingerprint density at radius 2 is 2.28 bits per heavy atom. The maximum atomic E-state index is 5.32. The lowest BCUT2D eigenvalue weighted by atomic mass is 10.1. The van der Waals surface area contributed by atoms with Gasteiger partial charge in [0.15, 0.2) is 5.11 Å². The molecule has 18 heavy (non-hydrogen) atoms. The van der Waals surface area contributed by atoms with E-state index in [0.717, 1.165) is 23.4 Å². The number of nitrogens with one attached hydrogen (secondary N) is 1. The first-order valence-corrected chi connectivity index (χ1v) is 5.84. The highest BCUT2D eigenvalue weighted by Gasteiger charge is 2.04. The molecular weight excluding hydrogens is 248 g/mol. The molecule has 0 atom stereocenters. The first kappa shape index (κ1) is 14.4. The molecule has 0 aromatic heterocycles. The third-order valence-corrected chi connectivity index (χ3v) is 2.27. The number of hydrogen-bond acceptors (Lipinski definition) is 4. The predicted molar refractivity (Wildman–Crippen MR) is 77.9 cm³/mol. The zero-order chi connectivity index (χ0) is 13.5. The van der Waals surface area contributed by atoms with Crippen LogP contribution in [0.3, 0.4) is 0 Å². The number of benzene rings is 1. The molecule has 0 saturated carbocycles. The maximum Gasteiger partial charge on any atom is 0.184 e. The van der Waals surface area contributed by atoms with E-state index in [9.17, 15) is 0 Å². The molecule has 1 aromatic carbocycles. The fourth-order valence-corrected chi connectivity index (χ4v) is 1.57. The van der Waals surface area contributed by atoms with E-state index in [1.165, 1.54) is 0 Å². The highest BCUT2D eigenvalue weighted by molar-refractivity contribution is 7.80. The maximum absolute atomic E-state index is 5.32. The number of methoxy groups -OCH3 is 1. The van der Waals surface area contributed by atoms with Crippen molar-refractivity contribution in [2.24, 2.45) is 10.8 Å². The van der Waals surface area contributed by atoms with E-state index < -0.39 is 0 Å². The molecule has 0 unspecified atom stereocenters. The largest absolute Gasteiger partial charge is 0.496 e. The van der Waals surface area contributed by atoms with E-state index in [0.29, 0.717) is 0 Å². The number of hydrogen-bond donors (Lipinski definition) is 2. The second kappa shape index (κ2) is 6.93. The quantitative estimate of drug-likeness (QED) is 0.471. The molecule has 0 radical (unpaired) electrons. The summed E-state index contributed by atoms with van der Waals surface area (Å²) in [6.45, 7) is 0.799. The summed E-state index contributed by atoms with van der Waals surface area (Å²) >= 11 is 4.66. The van der Waals surface area contributed by atoms with Gasteiger partial charge >= 0.3 is 0 Å². The van der Waals surface area contributed by atoms with Crippen molar-refractivity contribution in [1.29, 1.82) is 0 Å². The van der Waals surface area contributed by atoms with Crippen LogP contribution in [0.15, 0.2) is 23.3 Å². The monoisotopic (exact) mass is 266 g/mol. The van der Waals surface area contributed by atoms with Gasteiger partial charge in [-0.15, -0.1) is 0 Å². The van der Waals surface area contributed by atoms with Crippen molar-refractivity contribution < 1.29 is 4.74 Å². The molecule has 5 nitrogen and oxygen atoms in total. The minimum absolute atomic E-state index is 0.147. The lowest BCUT2D eigenvalue weighted by Gasteiger charge is -2.13. The third kappa shape index (κ3) is 4.68. The van der Waals surface area contributed by atoms with Crippen molar-refractivity contribution in [2.45, 2.75) is 6.54 Å². The van der Waals surface area contributed by atoms with E-state index >= 15 is 0 Å². The Balaban J connectivity index is 2.88.